The number of rotatable bonds is 8. The predicted octanol–water partition coefficient (Wildman–Crippen LogP) is 4.61. The lowest BCUT2D eigenvalue weighted by Crippen LogP contribution is -2.24. The van der Waals surface area contributed by atoms with E-state index in [9.17, 15) is 0 Å². The molecule has 1 aromatic heterocycles. The van der Waals surface area contributed by atoms with E-state index in [-0.39, 0.29) is 6.29 Å². The van der Waals surface area contributed by atoms with Gasteiger partial charge in [-0.05, 0) is 37.6 Å². The van der Waals surface area contributed by atoms with E-state index in [1.807, 2.05) is 56.3 Å². The zero-order valence-corrected chi connectivity index (χ0v) is 14.8. The molecule has 130 valence electrons. The molecule has 0 aliphatic rings. The molecule has 4 heteroatoms. The van der Waals surface area contributed by atoms with Gasteiger partial charge in [-0.1, -0.05) is 48.5 Å². The van der Waals surface area contributed by atoms with Crippen molar-refractivity contribution in [3.8, 4) is 0 Å². The Morgan fingerprint density at radius 1 is 0.920 bits per heavy atom. The molecule has 0 amide bonds. The summed E-state index contributed by atoms with van der Waals surface area (Å²) in [5.74, 6) is 0.898. The van der Waals surface area contributed by atoms with E-state index in [0.29, 0.717) is 19.8 Å². The largest absolute Gasteiger partial charge is 0.351 e. The van der Waals surface area contributed by atoms with Gasteiger partial charge in [-0.3, -0.25) is 0 Å². The highest BCUT2D eigenvalue weighted by Crippen LogP contribution is 2.19. The standard InChI is InChI=1S/C21H24N2O2/c1-3-24-21(25-4-2)16-23-19-13-9-8-12-18(19)22-20(23)15-14-17-10-6-5-7-11-17/h5-15,21H,3-4,16H2,1-2H3/b15-14-. The SMILES string of the molecule is CCOC(Cn1c(/C=C\c2ccccc2)nc2ccccc21)OCC. The van der Waals surface area contributed by atoms with E-state index in [0.717, 1.165) is 22.4 Å². The van der Waals surface area contributed by atoms with Crippen LogP contribution >= 0.6 is 0 Å². The normalized spacial score (nSPS) is 11.8. The summed E-state index contributed by atoms with van der Waals surface area (Å²) in [6.07, 6.45) is 3.84. The molecule has 4 nitrogen and oxygen atoms in total. The zero-order valence-electron chi connectivity index (χ0n) is 14.8. The van der Waals surface area contributed by atoms with Gasteiger partial charge in [0.05, 0.1) is 17.6 Å². The predicted molar refractivity (Wildman–Crippen MR) is 102 cm³/mol. The monoisotopic (exact) mass is 336 g/mol. The van der Waals surface area contributed by atoms with Crippen molar-refractivity contribution in [1.82, 2.24) is 9.55 Å². The van der Waals surface area contributed by atoms with Crippen molar-refractivity contribution in [3.63, 3.8) is 0 Å². The van der Waals surface area contributed by atoms with Crippen LogP contribution in [0.4, 0.5) is 0 Å². The molecular formula is C21H24N2O2. The van der Waals surface area contributed by atoms with Crippen LogP contribution in [0.15, 0.2) is 54.6 Å². The van der Waals surface area contributed by atoms with Crippen LogP contribution in [0.3, 0.4) is 0 Å². The second kappa shape index (κ2) is 8.60. The molecule has 0 unspecified atom stereocenters. The summed E-state index contributed by atoms with van der Waals surface area (Å²) >= 11 is 0. The number of para-hydroxylation sites is 2. The number of benzene rings is 2. The number of hydrogen-bond acceptors (Lipinski definition) is 3. The topological polar surface area (TPSA) is 36.3 Å². The Kier molecular flexibility index (Phi) is 5.99. The fourth-order valence-corrected chi connectivity index (χ4v) is 2.82. The molecule has 0 aliphatic carbocycles. The molecule has 3 aromatic rings. The molecule has 0 aliphatic heterocycles. The van der Waals surface area contributed by atoms with Gasteiger partial charge >= 0.3 is 0 Å². The summed E-state index contributed by atoms with van der Waals surface area (Å²) in [7, 11) is 0. The lowest BCUT2D eigenvalue weighted by Gasteiger charge is -2.18. The van der Waals surface area contributed by atoms with Crippen molar-refractivity contribution < 1.29 is 9.47 Å². The van der Waals surface area contributed by atoms with Crippen molar-refractivity contribution in [1.29, 1.82) is 0 Å². The lowest BCUT2D eigenvalue weighted by molar-refractivity contribution is -0.143. The van der Waals surface area contributed by atoms with Crippen LogP contribution in [0.1, 0.15) is 25.2 Å². The third-order valence-electron chi connectivity index (χ3n) is 3.95. The molecule has 0 radical (unpaired) electrons. The highest BCUT2D eigenvalue weighted by Gasteiger charge is 2.14. The van der Waals surface area contributed by atoms with Crippen molar-refractivity contribution >= 4 is 23.2 Å². The van der Waals surface area contributed by atoms with Crippen LogP contribution in [-0.4, -0.2) is 29.1 Å². The number of nitrogens with zero attached hydrogens (tertiary/aromatic N) is 2. The molecule has 0 atom stereocenters. The minimum atomic E-state index is -0.281. The summed E-state index contributed by atoms with van der Waals surface area (Å²) < 4.78 is 13.6. The molecule has 0 saturated heterocycles. The van der Waals surface area contributed by atoms with Crippen LogP contribution in [0.5, 0.6) is 0 Å². The summed E-state index contributed by atoms with van der Waals surface area (Å²) in [6, 6.07) is 18.4. The second-order valence-corrected chi connectivity index (χ2v) is 5.65. The Labute approximate surface area is 148 Å². The van der Waals surface area contributed by atoms with Gasteiger partial charge in [-0.2, -0.15) is 0 Å². The van der Waals surface area contributed by atoms with E-state index < -0.39 is 0 Å². The van der Waals surface area contributed by atoms with E-state index in [1.165, 1.54) is 0 Å². The summed E-state index contributed by atoms with van der Waals surface area (Å²) in [5.41, 5.74) is 3.20. The average molecular weight is 336 g/mol. The molecule has 1 heterocycles. The fourth-order valence-electron chi connectivity index (χ4n) is 2.82. The highest BCUT2D eigenvalue weighted by molar-refractivity contribution is 5.79. The molecule has 0 N–H and O–H groups in total. The van der Waals surface area contributed by atoms with Crippen LogP contribution in [0.2, 0.25) is 0 Å². The van der Waals surface area contributed by atoms with Gasteiger partial charge in [0.1, 0.15) is 5.82 Å². The zero-order chi connectivity index (χ0) is 17.5. The Balaban J connectivity index is 1.95. The number of imidazole rings is 1. The highest BCUT2D eigenvalue weighted by atomic mass is 16.7. The van der Waals surface area contributed by atoms with Gasteiger partial charge in [0, 0.05) is 13.2 Å². The molecule has 25 heavy (non-hydrogen) atoms. The summed E-state index contributed by atoms with van der Waals surface area (Å²) in [4.78, 5) is 4.77. The molecule has 2 aromatic carbocycles. The van der Waals surface area contributed by atoms with E-state index in [4.69, 9.17) is 14.5 Å². The first-order chi connectivity index (χ1) is 12.3. The first-order valence-corrected chi connectivity index (χ1v) is 8.73. The van der Waals surface area contributed by atoms with E-state index >= 15 is 0 Å². The first kappa shape index (κ1) is 17.4. The van der Waals surface area contributed by atoms with E-state index in [1.54, 1.807) is 0 Å². The lowest BCUT2D eigenvalue weighted by atomic mass is 10.2. The van der Waals surface area contributed by atoms with Gasteiger partial charge in [-0.25, -0.2) is 4.98 Å². The number of aromatic nitrogens is 2. The number of fused-ring (bicyclic) bond motifs is 1. The van der Waals surface area contributed by atoms with Gasteiger partial charge in [0.25, 0.3) is 0 Å². The van der Waals surface area contributed by atoms with E-state index in [2.05, 4.69) is 28.8 Å². The van der Waals surface area contributed by atoms with Gasteiger partial charge in [-0.15, -0.1) is 0 Å². The molecule has 0 bridgehead atoms. The third-order valence-corrected chi connectivity index (χ3v) is 3.95. The molecule has 0 saturated carbocycles. The number of ether oxygens (including phenoxy) is 2. The van der Waals surface area contributed by atoms with Crippen LogP contribution in [-0.2, 0) is 16.0 Å². The molecule has 0 fully saturated rings. The summed E-state index contributed by atoms with van der Waals surface area (Å²) in [6.45, 7) is 5.80. The Hall–Kier alpha value is -2.43. The number of hydrogen-bond donors (Lipinski definition) is 0. The maximum atomic E-state index is 5.73. The summed E-state index contributed by atoms with van der Waals surface area (Å²) in [5, 5.41) is 0. The smallest absolute Gasteiger partial charge is 0.175 e. The van der Waals surface area contributed by atoms with Crippen LogP contribution in [0.25, 0.3) is 23.2 Å². The van der Waals surface area contributed by atoms with Crippen molar-refractivity contribution in [2.75, 3.05) is 13.2 Å². The third kappa shape index (κ3) is 4.35. The van der Waals surface area contributed by atoms with Crippen LogP contribution < -0.4 is 0 Å². The maximum absolute atomic E-state index is 5.73. The molecule has 3 rings (SSSR count). The second-order valence-electron chi connectivity index (χ2n) is 5.65. The minimum Gasteiger partial charge on any atom is -0.351 e. The van der Waals surface area contributed by atoms with Crippen molar-refractivity contribution in [2.24, 2.45) is 0 Å². The Morgan fingerprint density at radius 2 is 1.60 bits per heavy atom. The fraction of sp³-hybridized carbons (Fsp3) is 0.286. The maximum Gasteiger partial charge on any atom is 0.175 e. The minimum absolute atomic E-state index is 0.281. The Morgan fingerprint density at radius 3 is 2.32 bits per heavy atom. The van der Waals surface area contributed by atoms with Crippen LogP contribution in [0, 0.1) is 0 Å². The van der Waals surface area contributed by atoms with Gasteiger partial charge < -0.3 is 14.0 Å². The average Bonchev–Trinajstić information content (AvgIpc) is 2.99. The Bertz CT molecular complexity index is 818. The first-order valence-electron chi connectivity index (χ1n) is 8.73. The van der Waals surface area contributed by atoms with Gasteiger partial charge in [0.15, 0.2) is 6.29 Å². The molecular weight excluding hydrogens is 312 g/mol. The van der Waals surface area contributed by atoms with Crippen molar-refractivity contribution in [3.05, 3.63) is 66.0 Å². The van der Waals surface area contributed by atoms with Crippen molar-refractivity contribution in [2.45, 2.75) is 26.7 Å². The van der Waals surface area contributed by atoms with Gasteiger partial charge in [0.2, 0.25) is 0 Å². The molecule has 0 spiro atoms. The quantitative estimate of drug-likeness (QED) is 0.564.